The molecule has 1 aliphatic rings. The van der Waals surface area contributed by atoms with E-state index in [1.54, 1.807) is 12.1 Å². The molecule has 4 rings (SSSR count). The third-order valence-corrected chi connectivity index (χ3v) is 7.28. The second kappa shape index (κ2) is 9.17. The lowest BCUT2D eigenvalue weighted by molar-refractivity contribution is -0.143. The molecule has 1 aromatic heterocycles. The Bertz CT molecular complexity index is 1420. The highest BCUT2D eigenvalue weighted by Crippen LogP contribution is 2.30. The molecule has 11 heteroatoms. The van der Waals surface area contributed by atoms with Crippen molar-refractivity contribution >= 4 is 44.1 Å². The van der Waals surface area contributed by atoms with Crippen molar-refractivity contribution in [1.82, 2.24) is 9.88 Å². The minimum absolute atomic E-state index is 0.0976. The number of hydrogen-bond donors (Lipinski definition) is 4. The van der Waals surface area contributed by atoms with E-state index in [2.05, 4.69) is 21.1 Å². The molecule has 10 nitrogen and oxygen atoms in total. The van der Waals surface area contributed by atoms with Crippen LogP contribution in [0.25, 0.3) is 10.9 Å². The average molecular weight is 481 g/mol. The molecular formula is C23H24N6O4S. The molecule has 2 heterocycles. The summed E-state index contributed by atoms with van der Waals surface area (Å²) in [5.74, 6) is -1.54. The summed E-state index contributed by atoms with van der Waals surface area (Å²) in [4.78, 5) is 29.3. The maximum atomic E-state index is 13.1. The Balaban J connectivity index is 1.56. The summed E-state index contributed by atoms with van der Waals surface area (Å²) in [5, 5.41) is 12.4. The van der Waals surface area contributed by atoms with Crippen LogP contribution in [0, 0.1) is 18.3 Å². The molecule has 2 amide bonds. The third kappa shape index (κ3) is 4.33. The summed E-state index contributed by atoms with van der Waals surface area (Å²) in [6.07, 6.45) is 3.05. The lowest BCUT2D eigenvalue weighted by Crippen LogP contribution is -2.45. The second-order valence-electron chi connectivity index (χ2n) is 8.11. The molecule has 3 aromatic rings. The van der Waals surface area contributed by atoms with E-state index in [1.165, 1.54) is 35.4 Å². The fourth-order valence-electron chi connectivity index (χ4n) is 4.20. The molecule has 1 saturated heterocycles. The first-order valence-electron chi connectivity index (χ1n) is 10.7. The normalized spacial score (nSPS) is 15.8. The SMILES string of the molecule is Cc1ccc(NS(=O)(=O)c2cccc(NC(=O)C(=O)N3CCC[C@H]3CN)c2)c2[nH]cc(C#N)c12. The lowest BCUT2D eigenvalue weighted by Gasteiger charge is -2.22. The molecule has 0 radical (unpaired) electrons. The van der Waals surface area contributed by atoms with Crippen molar-refractivity contribution in [1.29, 1.82) is 5.26 Å². The predicted octanol–water partition coefficient (Wildman–Crippen LogP) is 2.04. The van der Waals surface area contributed by atoms with Gasteiger partial charge in [-0.3, -0.25) is 14.3 Å². The Morgan fingerprint density at radius 1 is 1.29 bits per heavy atom. The number of fused-ring (bicyclic) bond motifs is 1. The lowest BCUT2D eigenvalue weighted by atomic mass is 10.1. The number of nitrogens with zero attached hydrogens (tertiary/aromatic N) is 2. The van der Waals surface area contributed by atoms with Crippen LogP contribution in [0.1, 0.15) is 24.0 Å². The quantitative estimate of drug-likeness (QED) is 0.409. The van der Waals surface area contributed by atoms with Crippen LogP contribution in [0.3, 0.4) is 0 Å². The molecule has 176 valence electrons. The van der Waals surface area contributed by atoms with Crippen molar-refractivity contribution in [3.05, 3.63) is 53.7 Å². The van der Waals surface area contributed by atoms with Gasteiger partial charge >= 0.3 is 11.8 Å². The number of nitriles is 1. The van der Waals surface area contributed by atoms with Crippen LogP contribution >= 0.6 is 0 Å². The largest absolute Gasteiger partial charge is 0.358 e. The summed E-state index contributed by atoms with van der Waals surface area (Å²) < 4.78 is 28.7. The number of sulfonamides is 1. The van der Waals surface area contributed by atoms with E-state index in [0.717, 1.165) is 18.4 Å². The maximum Gasteiger partial charge on any atom is 0.313 e. The van der Waals surface area contributed by atoms with E-state index < -0.39 is 21.8 Å². The van der Waals surface area contributed by atoms with Gasteiger partial charge in [-0.2, -0.15) is 5.26 Å². The Labute approximate surface area is 196 Å². The van der Waals surface area contributed by atoms with Crippen LogP contribution in [0.2, 0.25) is 0 Å². The number of aryl methyl sites for hydroxylation is 1. The molecular weight excluding hydrogens is 456 g/mol. The average Bonchev–Trinajstić information content (AvgIpc) is 3.48. The van der Waals surface area contributed by atoms with Gasteiger partial charge in [0.05, 0.1) is 21.7 Å². The Kier molecular flexibility index (Phi) is 6.28. The zero-order valence-corrected chi connectivity index (χ0v) is 19.3. The molecule has 1 aliphatic heterocycles. The molecule has 2 aromatic carbocycles. The van der Waals surface area contributed by atoms with Gasteiger partial charge in [0.15, 0.2) is 0 Å². The number of nitrogens with two attached hydrogens (primary N) is 1. The number of amides is 2. The van der Waals surface area contributed by atoms with Crippen LogP contribution in [0.5, 0.6) is 0 Å². The zero-order valence-electron chi connectivity index (χ0n) is 18.5. The summed E-state index contributed by atoms with van der Waals surface area (Å²) in [6.45, 7) is 2.58. The number of benzene rings is 2. The monoisotopic (exact) mass is 480 g/mol. The zero-order chi connectivity index (χ0) is 24.5. The fraction of sp³-hybridized carbons (Fsp3) is 0.261. The van der Waals surface area contributed by atoms with Crippen molar-refractivity contribution in [3.63, 3.8) is 0 Å². The molecule has 0 saturated carbocycles. The molecule has 1 fully saturated rings. The summed E-state index contributed by atoms with van der Waals surface area (Å²) in [5.41, 5.74) is 7.88. The number of nitrogens with one attached hydrogen (secondary N) is 3. The number of anilines is 2. The highest BCUT2D eigenvalue weighted by Gasteiger charge is 2.31. The first-order valence-corrected chi connectivity index (χ1v) is 12.2. The van der Waals surface area contributed by atoms with E-state index in [0.29, 0.717) is 23.0 Å². The molecule has 0 spiro atoms. The number of aromatic amines is 1. The first kappa shape index (κ1) is 23.3. The molecule has 0 unspecified atom stereocenters. The summed E-state index contributed by atoms with van der Waals surface area (Å²) in [7, 11) is -4.04. The van der Waals surface area contributed by atoms with Crippen LogP contribution in [0.15, 0.2) is 47.5 Å². The third-order valence-electron chi connectivity index (χ3n) is 5.92. The van der Waals surface area contributed by atoms with Gasteiger partial charge in [0.25, 0.3) is 10.0 Å². The number of aromatic nitrogens is 1. The number of hydrogen-bond acceptors (Lipinski definition) is 6. The van der Waals surface area contributed by atoms with Crippen molar-refractivity contribution < 1.29 is 18.0 Å². The smallest absolute Gasteiger partial charge is 0.313 e. The Morgan fingerprint density at radius 3 is 2.82 bits per heavy atom. The van der Waals surface area contributed by atoms with E-state index in [4.69, 9.17) is 5.73 Å². The molecule has 5 N–H and O–H groups in total. The summed E-state index contributed by atoms with van der Waals surface area (Å²) in [6, 6.07) is 10.9. The van der Waals surface area contributed by atoms with Gasteiger partial charge in [0.2, 0.25) is 0 Å². The van der Waals surface area contributed by atoms with E-state index in [9.17, 15) is 23.3 Å². The van der Waals surface area contributed by atoms with Crippen molar-refractivity contribution in [2.45, 2.75) is 30.7 Å². The van der Waals surface area contributed by atoms with Gasteiger partial charge in [-0.15, -0.1) is 0 Å². The maximum absolute atomic E-state index is 13.1. The minimum atomic E-state index is -4.04. The molecule has 0 bridgehead atoms. The number of likely N-dealkylation sites (tertiary alicyclic amines) is 1. The van der Waals surface area contributed by atoms with Gasteiger partial charge in [-0.1, -0.05) is 12.1 Å². The molecule has 34 heavy (non-hydrogen) atoms. The Morgan fingerprint density at radius 2 is 2.09 bits per heavy atom. The highest BCUT2D eigenvalue weighted by molar-refractivity contribution is 7.92. The van der Waals surface area contributed by atoms with Crippen molar-refractivity contribution in [2.24, 2.45) is 5.73 Å². The van der Waals surface area contributed by atoms with Crippen LogP contribution in [-0.4, -0.2) is 49.2 Å². The van der Waals surface area contributed by atoms with E-state index >= 15 is 0 Å². The summed E-state index contributed by atoms with van der Waals surface area (Å²) >= 11 is 0. The second-order valence-corrected chi connectivity index (χ2v) is 9.79. The van der Waals surface area contributed by atoms with Gasteiger partial charge in [-0.05, 0) is 49.6 Å². The number of rotatable bonds is 5. The van der Waals surface area contributed by atoms with Crippen LogP contribution in [0.4, 0.5) is 11.4 Å². The van der Waals surface area contributed by atoms with E-state index in [-0.39, 0.29) is 28.9 Å². The molecule has 1 atom stereocenters. The number of carbonyl (C=O) groups excluding carboxylic acids is 2. The van der Waals surface area contributed by atoms with Crippen LogP contribution < -0.4 is 15.8 Å². The standard InChI is InChI=1S/C23H24N6O4S/c1-14-7-8-19(21-20(14)15(11-24)13-26-21)28-34(32,33)18-6-2-4-16(10-18)27-22(30)23(31)29-9-3-5-17(29)12-25/h2,4,6-8,10,13,17,26,28H,3,5,9,12,25H2,1H3,(H,27,30)/t17-/m0/s1. The minimum Gasteiger partial charge on any atom is -0.358 e. The Hall–Kier alpha value is -3.88. The van der Waals surface area contributed by atoms with Gasteiger partial charge in [0, 0.05) is 36.4 Å². The first-order chi connectivity index (χ1) is 16.2. The van der Waals surface area contributed by atoms with Crippen molar-refractivity contribution in [2.75, 3.05) is 23.1 Å². The van der Waals surface area contributed by atoms with Gasteiger partial charge in [-0.25, -0.2) is 8.42 Å². The highest BCUT2D eigenvalue weighted by atomic mass is 32.2. The fourth-order valence-corrected chi connectivity index (χ4v) is 5.32. The van der Waals surface area contributed by atoms with Gasteiger partial charge < -0.3 is 20.9 Å². The number of H-pyrrole nitrogens is 1. The molecule has 0 aliphatic carbocycles. The van der Waals surface area contributed by atoms with Crippen LogP contribution in [-0.2, 0) is 19.6 Å². The van der Waals surface area contributed by atoms with Crippen molar-refractivity contribution in [3.8, 4) is 6.07 Å². The van der Waals surface area contributed by atoms with E-state index in [1.807, 2.05) is 6.92 Å². The number of carbonyl (C=O) groups is 2. The topological polar surface area (TPSA) is 161 Å². The van der Waals surface area contributed by atoms with Gasteiger partial charge in [0.1, 0.15) is 6.07 Å². The predicted molar refractivity (Wildman–Crippen MR) is 127 cm³/mol.